The first kappa shape index (κ1) is 12.6. The summed E-state index contributed by atoms with van der Waals surface area (Å²) in [6.45, 7) is 4.33. The highest BCUT2D eigenvalue weighted by Crippen LogP contribution is 2.29. The Bertz CT molecular complexity index is 510. The molecule has 2 rings (SSSR count). The summed E-state index contributed by atoms with van der Waals surface area (Å²) in [5, 5.41) is 13.4. The minimum Gasteiger partial charge on any atom is -0.493 e. The van der Waals surface area contributed by atoms with Crippen molar-refractivity contribution in [1.82, 2.24) is 10.1 Å². The normalized spacial score (nSPS) is 12.4. The highest BCUT2D eigenvalue weighted by atomic mass is 16.5. The first-order chi connectivity index (χ1) is 8.76. The van der Waals surface area contributed by atoms with Gasteiger partial charge in [0.15, 0.2) is 0 Å². The molecule has 1 atom stereocenters. The number of nitrogens with zero attached hydrogens (tertiary/aromatic N) is 2. The van der Waals surface area contributed by atoms with Crippen LogP contribution in [0.2, 0.25) is 0 Å². The van der Waals surface area contributed by atoms with Crippen LogP contribution in [-0.2, 0) is 0 Å². The van der Waals surface area contributed by atoms with E-state index in [-0.39, 0.29) is 0 Å². The molecule has 0 radical (unpaired) electrons. The second kappa shape index (κ2) is 5.64. The Kier molecular flexibility index (Phi) is 3.94. The van der Waals surface area contributed by atoms with E-state index in [0.717, 1.165) is 5.56 Å². The van der Waals surface area contributed by atoms with Gasteiger partial charge in [0, 0.05) is 0 Å². The molecular formula is C13H16N2O3. The van der Waals surface area contributed by atoms with E-state index in [4.69, 9.17) is 9.26 Å². The summed E-state index contributed by atoms with van der Waals surface area (Å²) < 4.78 is 10.7. The summed E-state index contributed by atoms with van der Waals surface area (Å²) >= 11 is 0. The Morgan fingerprint density at radius 1 is 1.33 bits per heavy atom. The van der Waals surface area contributed by atoms with E-state index in [1.807, 2.05) is 38.1 Å². The fraction of sp³-hybridized carbons (Fsp3) is 0.385. The van der Waals surface area contributed by atoms with Crippen LogP contribution in [0.3, 0.4) is 0 Å². The molecule has 0 aliphatic heterocycles. The number of aliphatic hydroxyl groups excluding tert-OH is 1. The summed E-state index contributed by atoms with van der Waals surface area (Å²) in [4.78, 5) is 4.19. The Labute approximate surface area is 105 Å². The van der Waals surface area contributed by atoms with E-state index in [2.05, 4.69) is 10.1 Å². The second-order valence-corrected chi connectivity index (χ2v) is 3.81. The predicted octanol–water partition coefficient (Wildman–Crippen LogP) is 2.58. The van der Waals surface area contributed by atoms with Crippen LogP contribution in [0.1, 0.15) is 32.2 Å². The summed E-state index contributed by atoms with van der Waals surface area (Å²) in [7, 11) is 0. The molecule has 1 aromatic carbocycles. The first-order valence-electron chi connectivity index (χ1n) is 6.00. The van der Waals surface area contributed by atoms with Crippen molar-refractivity contribution in [2.75, 3.05) is 6.61 Å². The van der Waals surface area contributed by atoms with E-state index in [9.17, 15) is 5.11 Å². The molecule has 0 spiro atoms. The van der Waals surface area contributed by atoms with E-state index < -0.39 is 6.10 Å². The van der Waals surface area contributed by atoms with Crippen molar-refractivity contribution in [1.29, 1.82) is 0 Å². The maximum Gasteiger partial charge on any atom is 0.261 e. The van der Waals surface area contributed by atoms with Crippen molar-refractivity contribution in [3.63, 3.8) is 0 Å². The van der Waals surface area contributed by atoms with Gasteiger partial charge in [-0.1, -0.05) is 24.2 Å². The molecule has 0 bridgehead atoms. The number of aromatic nitrogens is 2. The summed E-state index contributed by atoms with van der Waals surface area (Å²) in [6.07, 6.45) is -0.145. The van der Waals surface area contributed by atoms with Gasteiger partial charge in [0.05, 0.1) is 12.2 Å². The standard InChI is InChI=1S/C13H16N2O3/c1-3-10(16)12-14-13(18-15-12)9-7-5-6-8-11(9)17-4-2/h5-8,10,16H,3-4H2,1-2H3. The molecule has 0 saturated carbocycles. The lowest BCUT2D eigenvalue weighted by atomic mass is 10.2. The Balaban J connectivity index is 2.33. The van der Waals surface area contributed by atoms with Gasteiger partial charge in [-0.25, -0.2) is 0 Å². The van der Waals surface area contributed by atoms with Crippen LogP contribution in [0, 0.1) is 0 Å². The molecule has 1 aromatic heterocycles. The van der Waals surface area contributed by atoms with E-state index in [1.54, 1.807) is 0 Å². The molecule has 0 aliphatic carbocycles. The molecule has 0 aliphatic rings. The summed E-state index contributed by atoms with van der Waals surface area (Å²) in [6, 6.07) is 7.45. The number of hydrogen-bond acceptors (Lipinski definition) is 5. The monoisotopic (exact) mass is 248 g/mol. The minimum atomic E-state index is -0.693. The van der Waals surface area contributed by atoms with Gasteiger partial charge in [-0.3, -0.25) is 0 Å². The average Bonchev–Trinajstić information content (AvgIpc) is 2.88. The largest absolute Gasteiger partial charge is 0.493 e. The SMILES string of the molecule is CCOc1ccccc1-c1nc(C(O)CC)no1. The Morgan fingerprint density at radius 3 is 2.83 bits per heavy atom. The molecule has 0 fully saturated rings. The van der Waals surface area contributed by atoms with Crippen LogP contribution < -0.4 is 4.74 Å². The number of hydrogen-bond donors (Lipinski definition) is 1. The maximum atomic E-state index is 9.65. The van der Waals surface area contributed by atoms with Crippen molar-refractivity contribution in [3.8, 4) is 17.2 Å². The zero-order valence-electron chi connectivity index (χ0n) is 10.5. The van der Waals surface area contributed by atoms with Crippen LogP contribution >= 0.6 is 0 Å². The minimum absolute atomic E-state index is 0.304. The van der Waals surface area contributed by atoms with Crippen LogP contribution in [0.5, 0.6) is 5.75 Å². The zero-order valence-corrected chi connectivity index (χ0v) is 10.5. The smallest absolute Gasteiger partial charge is 0.261 e. The molecule has 2 aromatic rings. The van der Waals surface area contributed by atoms with Crippen molar-refractivity contribution < 1.29 is 14.4 Å². The van der Waals surface area contributed by atoms with Gasteiger partial charge in [-0.15, -0.1) is 0 Å². The third kappa shape index (κ3) is 2.51. The number of aliphatic hydroxyl groups is 1. The lowest BCUT2D eigenvalue weighted by Gasteiger charge is -2.05. The van der Waals surface area contributed by atoms with Gasteiger partial charge in [0.2, 0.25) is 5.82 Å². The quantitative estimate of drug-likeness (QED) is 0.880. The van der Waals surface area contributed by atoms with Gasteiger partial charge >= 0.3 is 0 Å². The molecule has 18 heavy (non-hydrogen) atoms. The summed E-state index contributed by atoms with van der Waals surface area (Å²) in [5.41, 5.74) is 0.737. The van der Waals surface area contributed by atoms with E-state index >= 15 is 0 Å². The predicted molar refractivity (Wildman–Crippen MR) is 66.2 cm³/mol. The molecule has 1 N–H and O–H groups in total. The molecule has 96 valence electrons. The molecule has 5 heteroatoms. The van der Waals surface area contributed by atoms with Gasteiger partial charge in [-0.2, -0.15) is 4.98 Å². The fourth-order valence-electron chi connectivity index (χ4n) is 1.59. The highest BCUT2D eigenvalue weighted by Gasteiger charge is 2.17. The molecular weight excluding hydrogens is 232 g/mol. The van der Waals surface area contributed by atoms with Gasteiger partial charge < -0.3 is 14.4 Å². The van der Waals surface area contributed by atoms with Crippen molar-refractivity contribution in [3.05, 3.63) is 30.1 Å². The van der Waals surface area contributed by atoms with E-state index in [0.29, 0.717) is 30.5 Å². The number of rotatable bonds is 5. The second-order valence-electron chi connectivity index (χ2n) is 3.81. The fourth-order valence-corrected chi connectivity index (χ4v) is 1.59. The van der Waals surface area contributed by atoms with Crippen molar-refractivity contribution >= 4 is 0 Å². The molecule has 1 unspecified atom stereocenters. The Morgan fingerprint density at radius 2 is 2.11 bits per heavy atom. The van der Waals surface area contributed by atoms with Crippen molar-refractivity contribution in [2.24, 2.45) is 0 Å². The number of para-hydroxylation sites is 1. The van der Waals surface area contributed by atoms with Crippen molar-refractivity contribution in [2.45, 2.75) is 26.4 Å². The maximum absolute atomic E-state index is 9.65. The number of ether oxygens (including phenoxy) is 1. The van der Waals surface area contributed by atoms with E-state index in [1.165, 1.54) is 0 Å². The third-order valence-electron chi connectivity index (χ3n) is 2.54. The first-order valence-corrected chi connectivity index (χ1v) is 6.00. The van der Waals surface area contributed by atoms with Gasteiger partial charge in [0.1, 0.15) is 11.9 Å². The molecule has 1 heterocycles. The van der Waals surface area contributed by atoms with Crippen LogP contribution in [-0.4, -0.2) is 21.9 Å². The topological polar surface area (TPSA) is 68.4 Å². The zero-order chi connectivity index (χ0) is 13.0. The molecule has 5 nitrogen and oxygen atoms in total. The number of benzene rings is 1. The third-order valence-corrected chi connectivity index (χ3v) is 2.54. The lowest BCUT2D eigenvalue weighted by Crippen LogP contribution is -1.97. The van der Waals surface area contributed by atoms with Crippen LogP contribution in [0.15, 0.2) is 28.8 Å². The Hall–Kier alpha value is -1.88. The van der Waals surface area contributed by atoms with Crippen LogP contribution in [0.25, 0.3) is 11.5 Å². The van der Waals surface area contributed by atoms with Gasteiger partial charge in [0.25, 0.3) is 5.89 Å². The van der Waals surface area contributed by atoms with Crippen LogP contribution in [0.4, 0.5) is 0 Å². The molecule has 0 saturated heterocycles. The summed E-state index contributed by atoms with van der Waals surface area (Å²) in [5.74, 6) is 1.36. The molecule has 0 amide bonds. The highest BCUT2D eigenvalue weighted by molar-refractivity contribution is 5.62. The van der Waals surface area contributed by atoms with Gasteiger partial charge in [-0.05, 0) is 25.5 Å². The average molecular weight is 248 g/mol. The lowest BCUT2D eigenvalue weighted by molar-refractivity contribution is 0.159.